The zero-order valence-electron chi connectivity index (χ0n) is 10.1. The number of halogens is 1. The van der Waals surface area contributed by atoms with Crippen LogP contribution in [0.25, 0.3) is 10.1 Å². The number of hydrogen-bond acceptors (Lipinski definition) is 3. The van der Waals surface area contributed by atoms with E-state index in [1.165, 1.54) is 11.3 Å². The number of carbonyl (C=O) groups excluding carboxylic acids is 1. The number of thiophene rings is 1. The summed E-state index contributed by atoms with van der Waals surface area (Å²) in [6.45, 7) is 2.77. The van der Waals surface area contributed by atoms with E-state index in [9.17, 15) is 4.79 Å². The molecule has 96 valence electrons. The molecule has 1 aromatic carbocycles. The first kappa shape index (κ1) is 13.2. The Labute approximate surface area is 115 Å². The summed E-state index contributed by atoms with van der Waals surface area (Å²) in [4.78, 5) is 12.6. The second-order valence-electron chi connectivity index (χ2n) is 4.09. The van der Waals surface area contributed by atoms with Gasteiger partial charge >= 0.3 is 0 Å². The molecular weight excluding hydrogens is 268 g/mol. The summed E-state index contributed by atoms with van der Waals surface area (Å²) in [5.41, 5.74) is 6.54. The summed E-state index contributed by atoms with van der Waals surface area (Å²) < 4.78 is 0.945. The average molecular weight is 283 g/mol. The van der Waals surface area contributed by atoms with E-state index in [-0.39, 0.29) is 5.91 Å². The number of rotatable bonds is 4. The zero-order chi connectivity index (χ0) is 13.1. The molecule has 0 aliphatic carbocycles. The van der Waals surface area contributed by atoms with E-state index in [0.717, 1.165) is 22.9 Å². The van der Waals surface area contributed by atoms with Gasteiger partial charge in [-0.1, -0.05) is 24.9 Å². The monoisotopic (exact) mass is 282 g/mol. The third kappa shape index (κ3) is 2.60. The van der Waals surface area contributed by atoms with E-state index < -0.39 is 0 Å². The molecule has 0 radical (unpaired) electrons. The molecule has 5 heteroatoms. The number of fused-ring (bicyclic) bond motifs is 1. The average Bonchev–Trinajstić information content (AvgIpc) is 2.66. The van der Waals surface area contributed by atoms with Gasteiger partial charge in [0.1, 0.15) is 4.88 Å². The lowest BCUT2D eigenvalue weighted by Gasteiger charge is -2.02. The lowest BCUT2D eigenvalue weighted by Crippen LogP contribution is -2.24. The highest BCUT2D eigenvalue weighted by Crippen LogP contribution is 2.35. The van der Waals surface area contributed by atoms with Crippen LogP contribution in [0, 0.1) is 0 Å². The van der Waals surface area contributed by atoms with Gasteiger partial charge in [0, 0.05) is 21.7 Å². The van der Waals surface area contributed by atoms with Gasteiger partial charge in [0.25, 0.3) is 5.91 Å². The number of amides is 1. The quantitative estimate of drug-likeness (QED) is 0.841. The van der Waals surface area contributed by atoms with Crippen molar-refractivity contribution in [1.82, 2.24) is 5.32 Å². The predicted molar refractivity (Wildman–Crippen MR) is 78.5 cm³/mol. The van der Waals surface area contributed by atoms with E-state index >= 15 is 0 Å². The van der Waals surface area contributed by atoms with Gasteiger partial charge in [0.2, 0.25) is 0 Å². The molecule has 0 unspecified atom stereocenters. The second kappa shape index (κ2) is 5.59. The molecule has 0 bridgehead atoms. The molecule has 2 rings (SSSR count). The fourth-order valence-electron chi connectivity index (χ4n) is 1.72. The van der Waals surface area contributed by atoms with Gasteiger partial charge in [-0.3, -0.25) is 4.79 Å². The van der Waals surface area contributed by atoms with Crippen molar-refractivity contribution in [3.8, 4) is 0 Å². The second-order valence-corrected chi connectivity index (χ2v) is 5.58. The van der Waals surface area contributed by atoms with Crippen LogP contribution in [-0.4, -0.2) is 12.5 Å². The number of carbonyl (C=O) groups is 1. The van der Waals surface area contributed by atoms with Gasteiger partial charge in [0.15, 0.2) is 0 Å². The molecule has 3 N–H and O–H groups in total. The fraction of sp³-hybridized carbons (Fsp3) is 0.308. The van der Waals surface area contributed by atoms with E-state index in [1.54, 1.807) is 6.07 Å². The number of nitrogen functional groups attached to an aromatic ring is 1. The Kier molecular flexibility index (Phi) is 4.09. The zero-order valence-corrected chi connectivity index (χ0v) is 11.7. The van der Waals surface area contributed by atoms with Crippen molar-refractivity contribution in [2.45, 2.75) is 19.8 Å². The lowest BCUT2D eigenvalue weighted by molar-refractivity contribution is 0.0958. The van der Waals surface area contributed by atoms with Crippen LogP contribution in [-0.2, 0) is 0 Å². The first-order valence-electron chi connectivity index (χ1n) is 5.89. The number of anilines is 1. The van der Waals surface area contributed by atoms with Crippen LogP contribution in [0.2, 0.25) is 5.02 Å². The Bertz CT molecular complexity index is 580. The maximum atomic E-state index is 12.0. The molecule has 0 spiro atoms. The molecule has 0 saturated heterocycles. The van der Waals surface area contributed by atoms with Crippen molar-refractivity contribution < 1.29 is 4.79 Å². The smallest absolute Gasteiger partial charge is 0.263 e. The SMILES string of the molecule is CCCCNC(=O)c1sc2cc(Cl)ccc2c1N. The largest absolute Gasteiger partial charge is 0.397 e. The van der Waals surface area contributed by atoms with Gasteiger partial charge < -0.3 is 11.1 Å². The van der Waals surface area contributed by atoms with E-state index in [0.29, 0.717) is 22.1 Å². The number of benzene rings is 1. The first-order valence-corrected chi connectivity index (χ1v) is 7.08. The highest BCUT2D eigenvalue weighted by Gasteiger charge is 2.15. The lowest BCUT2D eigenvalue weighted by atomic mass is 10.2. The van der Waals surface area contributed by atoms with Gasteiger partial charge in [0.05, 0.1) is 5.69 Å². The molecule has 0 saturated carbocycles. The molecule has 0 atom stereocenters. The maximum absolute atomic E-state index is 12.0. The van der Waals surface area contributed by atoms with Crippen molar-refractivity contribution in [2.75, 3.05) is 12.3 Å². The van der Waals surface area contributed by atoms with Crippen molar-refractivity contribution >= 4 is 44.6 Å². The topological polar surface area (TPSA) is 55.1 Å². The highest BCUT2D eigenvalue weighted by molar-refractivity contribution is 7.21. The molecular formula is C13H15ClN2OS. The number of unbranched alkanes of at least 4 members (excludes halogenated alkanes) is 1. The first-order chi connectivity index (χ1) is 8.63. The summed E-state index contributed by atoms with van der Waals surface area (Å²) in [5.74, 6) is -0.0988. The number of hydrogen-bond donors (Lipinski definition) is 2. The Morgan fingerprint density at radius 3 is 3.00 bits per heavy atom. The van der Waals surface area contributed by atoms with Crippen LogP contribution in [0.4, 0.5) is 5.69 Å². The molecule has 0 aliphatic heterocycles. The van der Waals surface area contributed by atoms with Crippen molar-refractivity contribution in [3.63, 3.8) is 0 Å². The standard InChI is InChI=1S/C13H15ClN2OS/c1-2-3-6-16-13(17)12-11(15)9-5-4-8(14)7-10(9)18-12/h4-5,7H,2-3,6,15H2,1H3,(H,16,17). The molecule has 1 amide bonds. The number of nitrogens with one attached hydrogen (secondary N) is 1. The molecule has 0 fully saturated rings. The molecule has 3 nitrogen and oxygen atoms in total. The Balaban J connectivity index is 2.28. The minimum atomic E-state index is -0.0988. The van der Waals surface area contributed by atoms with Gasteiger partial charge in [-0.25, -0.2) is 0 Å². The summed E-state index contributed by atoms with van der Waals surface area (Å²) in [6, 6.07) is 5.47. The molecule has 2 aromatic rings. The summed E-state index contributed by atoms with van der Waals surface area (Å²) >= 11 is 7.31. The van der Waals surface area contributed by atoms with Crippen LogP contribution in [0.5, 0.6) is 0 Å². The van der Waals surface area contributed by atoms with E-state index in [4.69, 9.17) is 17.3 Å². The van der Waals surface area contributed by atoms with Crippen LogP contribution in [0.3, 0.4) is 0 Å². The molecule has 18 heavy (non-hydrogen) atoms. The Morgan fingerprint density at radius 1 is 1.50 bits per heavy atom. The van der Waals surface area contributed by atoms with Gasteiger partial charge in [-0.2, -0.15) is 0 Å². The van der Waals surface area contributed by atoms with Gasteiger partial charge in [-0.05, 0) is 24.6 Å². The fourth-order valence-corrected chi connectivity index (χ4v) is 3.03. The van der Waals surface area contributed by atoms with Crippen LogP contribution >= 0.6 is 22.9 Å². The minimum absolute atomic E-state index is 0.0988. The van der Waals surface area contributed by atoms with Crippen LogP contribution in [0.15, 0.2) is 18.2 Å². The highest BCUT2D eigenvalue weighted by atomic mass is 35.5. The van der Waals surface area contributed by atoms with Crippen molar-refractivity contribution in [1.29, 1.82) is 0 Å². The minimum Gasteiger partial charge on any atom is -0.397 e. The van der Waals surface area contributed by atoms with Crippen molar-refractivity contribution in [3.05, 3.63) is 28.1 Å². The summed E-state index contributed by atoms with van der Waals surface area (Å²) in [7, 11) is 0. The third-order valence-electron chi connectivity index (χ3n) is 2.71. The normalized spacial score (nSPS) is 10.8. The van der Waals surface area contributed by atoms with Crippen LogP contribution in [0.1, 0.15) is 29.4 Å². The summed E-state index contributed by atoms with van der Waals surface area (Å²) in [6.07, 6.45) is 2.03. The Hall–Kier alpha value is -1.26. The molecule has 1 heterocycles. The third-order valence-corrected chi connectivity index (χ3v) is 4.11. The number of nitrogens with two attached hydrogens (primary N) is 1. The summed E-state index contributed by atoms with van der Waals surface area (Å²) in [5, 5.41) is 4.42. The van der Waals surface area contributed by atoms with E-state index in [1.807, 2.05) is 12.1 Å². The predicted octanol–water partition coefficient (Wildman–Crippen LogP) is 3.67. The van der Waals surface area contributed by atoms with Gasteiger partial charge in [-0.15, -0.1) is 11.3 Å². The molecule has 1 aromatic heterocycles. The van der Waals surface area contributed by atoms with E-state index in [2.05, 4.69) is 12.2 Å². The maximum Gasteiger partial charge on any atom is 0.263 e. The van der Waals surface area contributed by atoms with Crippen LogP contribution < -0.4 is 11.1 Å². The Morgan fingerprint density at radius 2 is 2.28 bits per heavy atom. The molecule has 0 aliphatic rings. The van der Waals surface area contributed by atoms with Crippen molar-refractivity contribution in [2.24, 2.45) is 0 Å².